The first-order valence-corrected chi connectivity index (χ1v) is 9.69. The second-order valence-corrected chi connectivity index (χ2v) is 7.12. The van der Waals surface area contributed by atoms with E-state index in [2.05, 4.69) is 27.3 Å². The first-order chi connectivity index (χ1) is 13.1. The lowest BCUT2D eigenvalue weighted by Crippen LogP contribution is -2.29. The predicted octanol–water partition coefficient (Wildman–Crippen LogP) is 1.15. The minimum absolute atomic E-state index is 0.200. The molecule has 9 nitrogen and oxygen atoms in total. The lowest BCUT2D eigenvalue weighted by Gasteiger charge is -2.22. The number of nitrogens with two attached hydrogens (primary N) is 1. The Bertz CT molecular complexity index is 731. The van der Waals surface area contributed by atoms with Crippen LogP contribution in [0.1, 0.15) is 44.7 Å². The van der Waals surface area contributed by atoms with Gasteiger partial charge in [-0.1, -0.05) is 13.3 Å². The molecule has 0 amide bonds. The minimum Gasteiger partial charge on any atom is -0.459 e. The number of nitrogen functional groups attached to an aromatic ring is 1. The number of rotatable bonds is 9. The summed E-state index contributed by atoms with van der Waals surface area (Å²) < 4.78 is 12.6. The lowest BCUT2D eigenvalue weighted by atomic mass is 9.93. The van der Waals surface area contributed by atoms with Gasteiger partial charge in [0.1, 0.15) is 6.10 Å². The third-order valence-corrected chi connectivity index (χ3v) is 5.02. The van der Waals surface area contributed by atoms with Crippen LogP contribution < -0.4 is 15.8 Å². The molecule has 2 aromatic heterocycles. The van der Waals surface area contributed by atoms with Crippen molar-refractivity contribution in [3.8, 4) is 6.01 Å². The van der Waals surface area contributed by atoms with E-state index >= 15 is 0 Å². The van der Waals surface area contributed by atoms with E-state index in [-0.39, 0.29) is 12.1 Å². The van der Waals surface area contributed by atoms with Crippen molar-refractivity contribution in [3.05, 3.63) is 11.9 Å². The summed E-state index contributed by atoms with van der Waals surface area (Å²) >= 11 is 0. The van der Waals surface area contributed by atoms with Gasteiger partial charge in [0.15, 0.2) is 17.8 Å². The molecule has 0 spiro atoms. The van der Waals surface area contributed by atoms with E-state index in [0.717, 1.165) is 50.9 Å². The van der Waals surface area contributed by atoms with E-state index in [1.165, 1.54) is 7.11 Å². The zero-order valence-corrected chi connectivity index (χ0v) is 16.1. The SMILES string of the molecule is CCCC(CC(O)OC)Oc1nc(N)c2ncc(CC3CCNCC3)n2n1. The van der Waals surface area contributed by atoms with Gasteiger partial charge in [-0.3, -0.25) is 0 Å². The second kappa shape index (κ2) is 9.29. The predicted molar refractivity (Wildman–Crippen MR) is 101 cm³/mol. The van der Waals surface area contributed by atoms with Crippen molar-refractivity contribution in [2.45, 2.75) is 57.8 Å². The van der Waals surface area contributed by atoms with E-state index in [1.54, 1.807) is 4.52 Å². The molecular formula is C18H30N6O3. The molecule has 0 radical (unpaired) electrons. The highest BCUT2D eigenvalue weighted by Gasteiger charge is 2.20. The molecule has 0 bridgehead atoms. The van der Waals surface area contributed by atoms with Gasteiger partial charge in [0.05, 0.1) is 11.9 Å². The summed E-state index contributed by atoms with van der Waals surface area (Å²) in [5.41, 5.74) is 7.65. The Labute approximate surface area is 159 Å². The number of methoxy groups -OCH3 is 1. The van der Waals surface area contributed by atoms with Crippen LogP contribution in [0.3, 0.4) is 0 Å². The maximum absolute atomic E-state index is 9.76. The molecule has 2 unspecified atom stereocenters. The quantitative estimate of drug-likeness (QED) is 0.556. The van der Waals surface area contributed by atoms with Gasteiger partial charge in [0.25, 0.3) is 0 Å². The zero-order chi connectivity index (χ0) is 19.2. The number of aromatic nitrogens is 4. The number of aliphatic hydroxyl groups is 1. The van der Waals surface area contributed by atoms with Gasteiger partial charge in [-0.05, 0) is 44.7 Å². The van der Waals surface area contributed by atoms with Crippen LogP contribution in [0.2, 0.25) is 0 Å². The fourth-order valence-corrected chi connectivity index (χ4v) is 3.52. The summed E-state index contributed by atoms with van der Waals surface area (Å²) in [6.45, 7) is 4.15. The molecule has 9 heteroatoms. The number of imidazole rings is 1. The summed E-state index contributed by atoms with van der Waals surface area (Å²) in [5, 5.41) is 17.7. The van der Waals surface area contributed by atoms with Gasteiger partial charge < -0.3 is 25.6 Å². The Hall–Kier alpha value is -1.97. The van der Waals surface area contributed by atoms with Crippen LogP contribution in [0.5, 0.6) is 6.01 Å². The van der Waals surface area contributed by atoms with Crippen molar-refractivity contribution < 1.29 is 14.6 Å². The molecule has 3 heterocycles. The summed E-state index contributed by atoms with van der Waals surface area (Å²) in [7, 11) is 1.47. The number of hydrogen-bond donors (Lipinski definition) is 3. The molecule has 1 saturated heterocycles. The number of ether oxygens (including phenoxy) is 2. The molecule has 0 saturated carbocycles. The van der Waals surface area contributed by atoms with E-state index in [4.69, 9.17) is 15.2 Å². The monoisotopic (exact) mass is 378 g/mol. The van der Waals surface area contributed by atoms with Gasteiger partial charge in [0, 0.05) is 13.5 Å². The highest BCUT2D eigenvalue weighted by atomic mass is 16.6. The van der Waals surface area contributed by atoms with Gasteiger partial charge in [-0.2, -0.15) is 4.98 Å². The molecule has 27 heavy (non-hydrogen) atoms. The smallest absolute Gasteiger partial charge is 0.336 e. The van der Waals surface area contributed by atoms with Crippen molar-refractivity contribution in [1.29, 1.82) is 0 Å². The topological polar surface area (TPSA) is 120 Å². The maximum atomic E-state index is 9.76. The molecule has 150 valence electrons. The van der Waals surface area contributed by atoms with Crippen LogP contribution >= 0.6 is 0 Å². The van der Waals surface area contributed by atoms with E-state index < -0.39 is 6.29 Å². The van der Waals surface area contributed by atoms with Gasteiger partial charge in [0.2, 0.25) is 0 Å². The van der Waals surface area contributed by atoms with Gasteiger partial charge >= 0.3 is 6.01 Å². The highest BCUT2D eigenvalue weighted by Crippen LogP contribution is 2.22. The number of anilines is 1. The Morgan fingerprint density at radius 3 is 2.89 bits per heavy atom. The lowest BCUT2D eigenvalue weighted by molar-refractivity contribution is -0.0960. The van der Waals surface area contributed by atoms with Crippen molar-refractivity contribution >= 4 is 11.5 Å². The maximum Gasteiger partial charge on any atom is 0.336 e. The fraction of sp³-hybridized carbons (Fsp3) is 0.722. The van der Waals surface area contributed by atoms with E-state index in [0.29, 0.717) is 23.8 Å². The molecule has 2 atom stereocenters. The average molecular weight is 378 g/mol. The molecule has 1 fully saturated rings. The Kier molecular flexibility index (Phi) is 6.81. The summed E-state index contributed by atoms with van der Waals surface area (Å²) in [6, 6.07) is 0.200. The van der Waals surface area contributed by atoms with E-state index in [1.807, 2.05) is 6.20 Å². The van der Waals surface area contributed by atoms with Crippen molar-refractivity contribution in [2.75, 3.05) is 25.9 Å². The molecule has 2 aromatic rings. The second-order valence-electron chi connectivity index (χ2n) is 7.12. The first-order valence-electron chi connectivity index (χ1n) is 9.69. The van der Waals surface area contributed by atoms with Gasteiger partial charge in [-0.25, -0.2) is 9.50 Å². The number of nitrogens with one attached hydrogen (secondary N) is 1. The number of piperidine rings is 1. The van der Waals surface area contributed by atoms with Crippen LogP contribution in [-0.2, 0) is 11.2 Å². The molecule has 1 aliphatic rings. The standard InChI is InChI=1S/C18H30N6O3/c1-3-4-14(10-15(25)26-2)27-18-22-16(19)17-21-11-13(24(17)23-18)9-12-5-7-20-8-6-12/h11-12,14-15,20,25H,3-10H2,1-2H3,(H2,19,22,23). The van der Waals surface area contributed by atoms with E-state index in [9.17, 15) is 5.11 Å². The zero-order valence-electron chi connectivity index (χ0n) is 16.1. The first kappa shape index (κ1) is 19.8. The van der Waals surface area contributed by atoms with Crippen molar-refractivity contribution in [2.24, 2.45) is 5.92 Å². The molecule has 0 aromatic carbocycles. The minimum atomic E-state index is -0.883. The van der Waals surface area contributed by atoms with Gasteiger partial charge in [-0.15, -0.1) is 5.10 Å². The van der Waals surface area contributed by atoms with Crippen LogP contribution in [0, 0.1) is 5.92 Å². The fourth-order valence-electron chi connectivity index (χ4n) is 3.52. The largest absolute Gasteiger partial charge is 0.459 e. The Morgan fingerprint density at radius 2 is 2.19 bits per heavy atom. The third kappa shape index (κ3) is 5.06. The third-order valence-electron chi connectivity index (χ3n) is 5.02. The Balaban J connectivity index is 1.79. The summed E-state index contributed by atoms with van der Waals surface area (Å²) in [6.07, 6.45) is 5.89. The van der Waals surface area contributed by atoms with Crippen molar-refractivity contribution in [3.63, 3.8) is 0 Å². The van der Waals surface area contributed by atoms with Crippen LogP contribution in [0.15, 0.2) is 6.20 Å². The molecule has 3 rings (SSSR count). The highest BCUT2D eigenvalue weighted by molar-refractivity contribution is 5.59. The molecule has 1 aliphatic heterocycles. The number of aliphatic hydroxyl groups excluding tert-OH is 1. The summed E-state index contributed by atoms with van der Waals surface area (Å²) in [4.78, 5) is 8.63. The number of nitrogens with zero attached hydrogens (tertiary/aromatic N) is 4. The van der Waals surface area contributed by atoms with Crippen LogP contribution in [0.25, 0.3) is 5.65 Å². The molecular weight excluding hydrogens is 348 g/mol. The summed E-state index contributed by atoms with van der Waals surface area (Å²) in [5.74, 6) is 0.899. The number of hydrogen-bond acceptors (Lipinski definition) is 8. The Morgan fingerprint density at radius 1 is 1.41 bits per heavy atom. The average Bonchev–Trinajstić information content (AvgIpc) is 3.06. The van der Waals surface area contributed by atoms with Crippen molar-refractivity contribution in [1.82, 2.24) is 24.9 Å². The molecule has 0 aliphatic carbocycles. The number of fused-ring (bicyclic) bond motifs is 1. The normalized spacial score (nSPS) is 17.9. The molecule has 4 N–H and O–H groups in total. The van der Waals surface area contributed by atoms with Crippen LogP contribution in [-0.4, -0.2) is 57.3 Å². The van der Waals surface area contributed by atoms with Crippen LogP contribution in [0.4, 0.5) is 5.82 Å².